The minimum Gasteiger partial charge on any atom is -0.506 e. The summed E-state index contributed by atoms with van der Waals surface area (Å²) < 4.78 is 34.3. The number of benzene rings is 4. The second kappa shape index (κ2) is 10.5. The Balaban J connectivity index is 0.00000337. The number of nitrogens with one attached hydrogen (secondary N) is 1. The molecule has 0 aromatic heterocycles. The number of hydrogen-bond donors (Lipinski definition) is 3. The van der Waals surface area contributed by atoms with Crippen LogP contribution in [0.1, 0.15) is 16.7 Å². The minimum atomic E-state index is -4.60. The van der Waals surface area contributed by atoms with Crippen LogP contribution in [0.3, 0.4) is 0 Å². The summed E-state index contributed by atoms with van der Waals surface area (Å²) in [4.78, 5) is 31.4. The molecule has 41 heavy (non-hydrogen) atoms. The number of fused-ring (bicyclic) bond motifs is 2. The summed E-state index contributed by atoms with van der Waals surface area (Å²) in [6.07, 6.45) is 0. The van der Waals surface area contributed by atoms with Gasteiger partial charge in [0.2, 0.25) is 0 Å². The zero-order chi connectivity index (χ0) is 28.3. The van der Waals surface area contributed by atoms with Crippen molar-refractivity contribution in [2.45, 2.75) is 18.7 Å². The fourth-order valence-electron chi connectivity index (χ4n) is 5.27. The third kappa shape index (κ3) is 4.75. The molecule has 0 fully saturated rings. The van der Waals surface area contributed by atoms with Crippen LogP contribution in [0, 0.1) is 24.3 Å². The Morgan fingerprint density at radius 2 is 1.49 bits per heavy atom. The number of rotatable bonds is 4. The van der Waals surface area contributed by atoms with Crippen LogP contribution in [-0.4, -0.2) is 52.6 Å². The molecule has 4 aromatic carbocycles. The molecule has 3 N–H and O–H groups in total. The molecule has 2 aliphatic rings. The molecule has 199 valence electrons. The van der Waals surface area contributed by atoms with Crippen molar-refractivity contribution in [3.05, 3.63) is 132 Å². The average Bonchev–Trinajstić information content (AvgIpc) is 2.93. The van der Waals surface area contributed by atoms with Gasteiger partial charge in [0.05, 0.1) is 27.5 Å². The number of aliphatic hydroxyl groups excluding tert-OH is 1. The van der Waals surface area contributed by atoms with Crippen LogP contribution in [-0.2, 0) is 10.1 Å². The number of aromatic nitrogens is 1. The maximum atomic E-state index is 14.0. The first kappa shape index (κ1) is 28.7. The predicted octanol–water partition coefficient (Wildman–Crippen LogP) is 3.93. The van der Waals surface area contributed by atoms with E-state index >= 15 is 0 Å². The van der Waals surface area contributed by atoms with Crippen LogP contribution < -0.4 is 21.5 Å². The molecule has 8 nitrogen and oxygen atoms in total. The van der Waals surface area contributed by atoms with Crippen molar-refractivity contribution in [2.24, 2.45) is 0 Å². The Labute approximate surface area is 256 Å². The van der Waals surface area contributed by atoms with Crippen molar-refractivity contribution >= 4 is 78.5 Å². The molecular weight excluding hydrogens is 551 g/mol. The summed E-state index contributed by atoms with van der Waals surface area (Å²) in [6.45, 7) is 3.42. The van der Waals surface area contributed by atoms with Gasteiger partial charge in [-0.15, -0.1) is 0 Å². The fourth-order valence-corrected chi connectivity index (χ4v) is 6.00. The summed E-state index contributed by atoms with van der Waals surface area (Å²) in [5.41, 5.74) is 1.22. The molecule has 0 saturated carbocycles. The normalized spacial score (nSPS) is 12.5. The van der Waals surface area contributed by atoms with Crippen molar-refractivity contribution in [1.82, 2.24) is 4.98 Å². The number of hydrogen-bond acceptors (Lipinski definition) is 7. The van der Waals surface area contributed by atoms with E-state index in [-0.39, 0.29) is 67.6 Å². The van der Waals surface area contributed by atoms with Crippen molar-refractivity contribution in [2.75, 3.05) is 5.32 Å². The van der Waals surface area contributed by atoms with E-state index in [0.29, 0.717) is 43.4 Å². The van der Waals surface area contributed by atoms with Gasteiger partial charge < -0.3 is 10.4 Å². The van der Waals surface area contributed by atoms with Gasteiger partial charge in [-0.2, -0.15) is 8.42 Å². The van der Waals surface area contributed by atoms with E-state index < -0.39 is 15.7 Å². The zero-order valence-corrected chi connectivity index (χ0v) is 25.2. The van der Waals surface area contributed by atoms with E-state index in [1.54, 1.807) is 80.6 Å². The van der Waals surface area contributed by atoms with E-state index in [4.69, 9.17) is 0 Å². The standard InChI is InChI=1S/C31H22N2O6S.Na/c1-16-12-13-21(23(14-16)40(37,38)39)32-22-15-17(2)28-26-24(19-10-6-7-11-20(19)30(35)25(22)26)27(31(36)33-28)29(34)18-8-4-3-5-9-18;/h3-15,32,34H,1-2H3,(H,37,38,39);. The molecule has 0 atom stereocenters. The van der Waals surface area contributed by atoms with Gasteiger partial charge in [0.25, 0.3) is 15.7 Å². The van der Waals surface area contributed by atoms with E-state index in [0.717, 1.165) is 0 Å². The van der Waals surface area contributed by atoms with E-state index in [2.05, 4.69) is 10.3 Å². The Hall–Kier alpha value is -3.86. The number of anilines is 2. The van der Waals surface area contributed by atoms with Crippen LogP contribution >= 0.6 is 0 Å². The summed E-state index contributed by atoms with van der Waals surface area (Å²) in [5, 5.41) is 16.1. The summed E-state index contributed by atoms with van der Waals surface area (Å²) in [7, 11) is -4.60. The van der Waals surface area contributed by atoms with Crippen molar-refractivity contribution < 1.29 is 18.1 Å². The molecule has 0 unspecified atom stereocenters. The number of aliphatic hydroxyl groups is 1. The van der Waals surface area contributed by atoms with E-state index in [1.807, 2.05) is 0 Å². The smallest absolute Gasteiger partial charge is 0.296 e. The molecule has 1 heterocycles. The van der Waals surface area contributed by atoms with Crippen LogP contribution in [0.4, 0.5) is 11.4 Å². The third-order valence-electron chi connectivity index (χ3n) is 7.05. The SMILES string of the molecule is Cc1ccc(Nc2cc(C)c3nc(=O)c(=C(O)c4ccccc4)c4c5ccccc5c(=O)c2c3=4)c(S(=O)(=O)O)c1.[Na]. The Morgan fingerprint density at radius 3 is 2.17 bits per heavy atom. The second-order valence-electron chi connectivity index (χ2n) is 9.70. The maximum absolute atomic E-state index is 14.0. The van der Waals surface area contributed by atoms with Crippen LogP contribution in [0.25, 0.3) is 27.4 Å². The van der Waals surface area contributed by atoms with Crippen LogP contribution in [0.5, 0.6) is 0 Å². The Bertz CT molecular complexity index is 2350. The number of aryl methyl sites for hydroxylation is 2. The monoisotopic (exact) mass is 573 g/mol. The van der Waals surface area contributed by atoms with Gasteiger partial charge in [0.15, 0.2) is 5.43 Å². The largest absolute Gasteiger partial charge is 0.506 e. The summed E-state index contributed by atoms with van der Waals surface area (Å²) >= 11 is 0. The first-order valence-corrected chi connectivity index (χ1v) is 13.8. The van der Waals surface area contributed by atoms with Crippen LogP contribution in [0.2, 0.25) is 0 Å². The second-order valence-corrected chi connectivity index (χ2v) is 11.1. The van der Waals surface area contributed by atoms with Gasteiger partial charge >= 0.3 is 0 Å². The van der Waals surface area contributed by atoms with Gasteiger partial charge in [0, 0.05) is 50.9 Å². The topological polar surface area (TPSA) is 134 Å². The van der Waals surface area contributed by atoms with Crippen molar-refractivity contribution in [1.29, 1.82) is 0 Å². The van der Waals surface area contributed by atoms with Gasteiger partial charge in [-0.25, -0.2) is 4.98 Å². The fraction of sp³-hybridized carbons (Fsp3) is 0.0645. The Morgan fingerprint density at radius 1 is 0.829 bits per heavy atom. The third-order valence-corrected chi connectivity index (χ3v) is 7.95. The molecule has 1 radical (unpaired) electrons. The van der Waals surface area contributed by atoms with Gasteiger partial charge in [-0.05, 0) is 48.6 Å². The quantitative estimate of drug-likeness (QED) is 0.213. The minimum absolute atomic E-state index is 0. The zero-order valence-electron chi connectivity index (χ0n) is 22.4. The van der Waals surface area contributed by atoms with Crippen molar-refractivity contribution in [3.63, 3.8) is 0 Å². The molecule has 1 aliphatic heterocycles. The molecule has 0 bridgehead atoms. The predicted molar refractivity (Wildman–Crippen MR) is 160 cm³/mol. The molecule has 0 spiro atoms. The molecule has 6 rings (SSSR count). The first-order chi connectivity index (χ1) is 19.1. The average molecular weight is 574 g/mol. The van der Waals surface area contributed by atoms with Gasteiger partial charge in [-0.1, -0.05) is 60.7 Å². The summed E-state index contributed by atoms with van der Waals surface area (Å²) in [6, 6.07) is 21.5. The Kier molecular flexibility index (Phi) is 7.35. The molecular formula is C31H22N2NaO6S. The maximum Gasteiger partial charge on any atom is 0.296 e. The van der Waals surface area contributed by atoms with Crippen molar-refractivity contribution in [3.8, 4) is 0 Å². The molecule has 0 saturated heterocycles. The van der Waals surface area contributed by atoms with Gasteiger partial charge in [-0.3, -0.25) is 14.1 Å². The molecule has 1 aliphatic carbocycles. The van der Waals surface area contributed by atoms with E-state index in [9.17, 15) is 27.7 Å². The first-order valence-electron chi connectivity index (χ1n) is 12.4. The number of nitrogens with zero attached hydrogens (tertiary/aromatic N) is 1. The van der Waals surface area contributed by atoms with Gasteiger partial charge in [0.1, 0.15) is 10.7 Å². The molecule has 4 aromatic rings. The molecule has 10 heteroatoms. The molecule has 0 amide bonds. The van der Waals surface area contributed by atoms with E-state index in [1.165, 1.54) is 12.1 Å². The van der Waals surface area contributed by atoms with Crippen LogP contribution in [0.15, 0.2) is 93.3 Å². The summed E-state index contributed by atoms with van der Waals surface area (Å²) in [5.74, 6) is -0.270.